The highest BCUT2D eigenvalue weighted by atomic mass is 16.3. The minimum atomic E-state index is 0.682. The average molecular weight is 1740 g/mol. The van der Waals surface area contributed by atoms with E-state index >= 15 is 0 Å². The summed E-state index contributed by atoms with van der Waals surface area (Å²) >= 11 is 0. The number of hydrogen-bond acceptors (Lipinski definition) is 5. The molecule has 23 aromatic carbocycles. The molecule has 9 heteroatoms. The second-order valence-electron chi connectivity index (χ2n) is 36.6. The first-order chi connectivity index (χ1) is 67.9. The van der Waals surface area contributed by atoms with Crippen LogP contribution in [0, 0.1) is 0 Å². The van der Waals surface area contributed by atoms with Gasteiger partial charge in [0.2, 0.25) is 0 Å². The van der Waals surface area contributed by atoms with Gasteiger partial charge in [0.25, 0.3) is 0 Å². The summed E-state index contributed by atoms with van der Waals surface area (Å²) in [5, 5.41) is 30.9. The summed E-state index contributed by atoms with van der Waals surface area (Å²) in [5.74, 6) is 1.39. The van der Waals surface area contributed by atoms with Gasteiger partial charge in [-0.15, -0.1) is 0 Å². The molecule has 0 unspecified atom stereocenters. The third kappa shape index (κ3) is 11.3. The Bertz CT molecular complexity index is 10500. The highest BCUT2D eigenvalue weighted by molar-refractivity contribution is 6.23. The fourth-order valence-corrected chi connectivity index (χ4v) is 23.1. The predicted molar refractivity (Wildman–Crippen MR) is 572 cm³/mol. The minimum Gasteiger partial charge on any atom is -0.456 e. The molecule has 0 radical (unpaired) electrons. The van der Waals surface area contributed by atoms with Gasteiger partial charge in [-0.05, 0) is 239 Å². The van der Waals surface area contributed by atoms with Gasteiger partial charge in [-0.2, -0.15) is 0 Å². The number of aromatic nitrogens is 8. The lowest BCUT2D eigenvalue weighted by atomic mass is 9.95. The van der Waals surface area contributed by atoms with Crippen LogP contribution in [0.3, 0.4) is 0 Å². The van der Waals surface area contributed by atoms with Crippen LogP contribution in [-0.4, -0.2) is 38.2 Å². The van der Waals surface area contributed by atoms with Crippen molar-refractivity contribution >= 4 is 206 Å². The Morgan fingerprint density at radius 3 is 1.03 bits per heavy atom. The van der Waals surface area contributed by atoms with Crippen molar-refractivity contribution < 1.29 is 4.42 Å². The van der Waals surface area contributed by atoms with Crippen LogP contribution in [0.2, 0.25) is 0 Å². The molecule has 30 aromatic rings. The number of para-hydroxylation sites is 7. The molecule has 31 rings (SSSR count). The molecule has 0 fully saturated rings. The Kier molecular flexibility index (Phi) is 15.9. The smallest absolute Gasteiger partial charge is 0.161 e. The average Bonchev–Trinajstić information content (AvgIpc) is 1.59. The Morgan fingerprint density at radius 2 is 0.518 bits per heavy atom. The molecule has 137 heavy (non-hydrogen) atoms. The number of nitrogens with zero attached hydrogens (tertiary/aromatic N) is 8. The van der Waals surface area contributed by atoms with Crippen LogP contribution < -0.4 is 0 Å². The molecule has 0 atom stereocenters. The van der Waals surface area contributed by atoms with Crippen molar-refractivity contribution in [3.05, 3.63) is 449 Å². The third-order valence-electron chi connectivity index (χ3n) is 29.3. The van der Waals surface area contributed by atoms with Crippen molar-refractivity contribution in [2.24, 2.45) is 0 Å². The number of fused-ring (bicyclic) bond motifs is 26. The summed E-state index contributed by atoms with van der Waals surface area (Å²) in [7, 11) is 0. The molecule has 632 valence electrons. The molecule has 0 amide bonds. The summed E-state index contributed by atoms with van der Waals surface area (Å²) in [4.78, 5) is 21.5. The Balaban J connectivity index is 0.000000130. The van der Waals surface area contributed by atoms with E-state index in [4.69, 9.17) is 24.4 Å². The predicted octanol–water partition coefficient (Wildman–Crippen LogP) is 33.9. The minimum absolute atomic E-state index is 0.682. The normalized spacial score (nSPS) is 12.2. The Labute approximate surface area is 782 Å². The molecular weight excluding hydrogens is 1670 g/mol. The van der Waals surface area contributed by atoms with Crippen LogP contribution in [0.1, 0.15) is 0 Å². The van der Waals surface area contributed by atoms with Crippen LogP contribution in [-0.2, 0) is 0 Å². The lowest BCUT2D eigenvalue weighted by Crippen LogP contribution is -1.99. The van der Waals surface area contributed by atoms with Gasteiger partial charge in [0, 0.05) is 109 Å². The number of benzene rings is 23. The van der Waals surface area contributed by atoms with Gasteiger partial charge in [0.15, 0.2) is 11.6 Å². The lowest BCUT2D eigenvalue weighted by Gasteiger charge is -2.16. The van der Waals surface area contributed by atoms with Crippen LogP contribution >= 0.6 is 0 Å². The lowest BCUT2D eigenvalue weighted by molar-refractivity contribution is 0.669. The zero-order valence-electron chi connectivity index (χ0n) is 73.7. The fourth-order valence-electron chi connectivity index (χ4n) is 23.1. The van der Waals surface area contributed by atoms with E-state index in [2.05, 4.69) is 449 Å². The molecule has 9 nitrogen and oxygen atoms in total. The van der Waals surface area contributed by atoms with Gasteiger partial charge < -0.3 is 22.7 Å². The first-order valence-corrected chi connectivity index (χ1v) is 46.9. The van der Waals surface area contributed by atoms with Gasteiger partial charge in [0.1, 0.15) is 11.2 Å². The van der Waals surface area contributed by atoms with Gasteiger partial charge in [-0.25, -0.2) is 19.9 Å². The molecule has 0 saturated carbocycles. The van der Waals surface area contributed by atoms with Gasteiger partial charge >= 0.3 is 0 Å². The van der Waals surface area contributed by atoms with E-state index < -0.39 is 0 Å². The molecule has 1 aliphatic carbocycles. The van der Waals surface area contributed by atoms with Crippen LogP contribution in [0.25, 0.3) is 297 Å². The van der Waals surface area contributed by atoms with Crippen molar-refractivity contribution in [1.82, 2.24) is 38.2 Å². The molecule has 0 spiro atoms. The highest BCUT2D eigenvalue weighted by Gasteiger charge is 2.28. The zero-order valence-corrected chi connectivity index (χ0v) is 73.7. The van der Waals surface area contributed by atoms with Crippen LogP contribution in [0.15, 0.2) is 453 Å². The third-order valence-corrected chi connectivity index (χ3v) is 29.3. The van der Waals surface area contributed by atoms with E-state index in [0.29, 0.717) is 11.6 Å². The molecule has 0 aliphatic heterocycles. The SMILES string of the molecule is c1ccc2c(c1)-c1cccc3c(-c4nc(-c5ccc(-n6c7ccccc7c7cc8cc(-n9c%10ccccc%10c%10cc%11ccccc%11cc%109)ccc8cc76)c6ccccc56)nc5ccccc45)ccc-2c13.c1ccc2cc3c(cc2c1)c1ccccc1n3-c1ccc2cc3c(cc2c1)c1ccccc1n3-c1ccc(-c2nc(-c3ccc4c(c3)oc3ccccc34)c3ccccc3n2)c2ccccc12. The molecule has 1 aliphatic rings. The maximum Gasteiger partial charge on any atom is 0.161 e. The Hall–Kier alpha value is -18.4. The molecule has 0 bridgehead atoms. The van der Waals surface area contributed by atoms with E-state index in [1.165, 1.54) is 152 Å². The van der Waals surface area contributed by atoms with Crippen molar-refractivity contribution in [3.63, 3.8) is 0 Å². The zero-order chi connectivity index (χ0) is 89.3. The summed E-state index contributed by atoms with van der Waals surface area (Å²) < 4.78 is 16.1. The number of hydrogen-bond donors (Lipinski definition) is 0. The molecule has 0 N–H and O–H groups in total. The van der Waals surface area contributed by atoms with Gasteiger partial charge in [-0.3, -0.25) is 0 Å². The molecular formula is C128H74N8O. The summed E-state index contributed by atoms with van der Waals surface area (Å²) in [6.07, 6.45) is 0. The van der Waals surface area contributed by atoms with Crippen molar-refractivity contribution in [2.45, 2.75) is 0 Å². The van der Waals surface area contributed by atoms with E-state index in [1.54, 1.807) is 0 Å². The fraction of sp³-hybridized carbons (Fsp3) is 0. The van der Waals surface area contributed by atoms with Gasteiger partial charge in [-0.1, -0.05) is 297 Å². The first-order valence-electron chi connectivity index (χ1n) is 46.9. The maximum absolute atomic E-state index is 6.35. The standard InChI is InChI=1S/C66H38N4.C62H36N4O/c1-2-15-40-37-62-56(35-39(40)14-1)48-20-8-11-26-59(48)69(62)43-29-28-41-38-63-57(36-42(41)34-43)49-21-9-12-27-60(49)70(63)61-33-32-54(46-18-5-6-19-47(46)61)66-67-58-25-10-7-22-55(58)65(68-66)53-31-30-52-45-17-4-3-16-44(45)50-23-13-24-51(53)64(50)52;1-2-14-38-34-57-51(32-37(38)13-1)45-17-6-10-22-54(45)65(57)42-27-25-39-35-58-52(33-41(39)31-42)46-18-7-11-23-55(46)66(58)56-30-29-49(43-15-3-4-16-44(43)56)62-63-53-21-9-5-20-50(53)61(64-62)40-26-28-48-47-19-8-12-24-59(47)67-60(48)36-40/h1-38H;1-36H. The van der Waals surface area contributed by atoms with Crippen LogP contribution in [0.4, 0.5) is 0 Å². The van der Waals surface area contributed by atoms with Crippen molar-refractivity contribution in [2.75, 3.05) is 0 Å². The highest BCUT2D eigenvalue weighted by Crippen LogP contribution is 2.52. The Morgan fingerprint density at radius 1 is 0.168 bits per heavy atom. The van der Waals surface area contributed by atoms with Gasteiger partial charge in [0.05, 0.1) is 77.9 Å². The quantitative estimate of drug-likeness (QED) is 0.151. The van der Waals surface area contributed by atoms with Crippen molar-refractivity contribution in [1.29, 1.82) is 0 Å². The van der Waals surface area contributed by atoms with E-state index in [-0.39, 0.29) is 0 Å². The number of rotatable bonds is 8. The first kappa shape index (κ1) is 75.3. The van der Waals surface area contributed by atoms with E-state index in [0.717, 1.165) is 133 Å². The number of furan rings is 1. The second-order valence-corrected chi connectivity index (χ2v) is 36.6. The molecule has 0 saturated heterocycles. The topological polar surface area (TPSA) is 84.4 Å². The van der Waals surface area contributed by atoms with Crippen molar-refractivity contribution in [3.8, 4) is 90.3 Å². The second kappa shape index (κ2) is 29.0. The summed E-state index contributed by atoms with van der Waals surface area (Å²) in [6, 6.07) is 163. The maximum atomic E-state index is 6.35. The van der Waals surface area contributed by atoms with Crippen LogP contribution in [0.5, 0.6) is 0 Å². The van der Waals surface area contributed by atoms with E-state index in [1.807, 2.05) is 18.2 Å². The largest absolute Gasteiger partial charge is 0.456 e. The monoisotopic (exact) mass is 1740 g/mol. The van der Waals surface area contributed by atoms with E-state index in [9.17, 15) is 0 Å². The summed E-state index contributed by atoms with van der Waals surface area (Å²) in [5.41, 5.74) is 28.6. The molecule has 7 aromatic heterocycles. The summed E-state index contributed by atoms with van der Waals surface area (Å²) in [6.45, 7) is 0. The molecule has 7 heterocycles.